The Morgan fingerprint density at radius 2 is 1.88 bits per heavy atom. The molecule has 0 amide bonds. The summed E-state index contributed by atoms with van der Waals surface area (Å²) in [5, 5.41) is 17.4. The molecule has 0 aromatic heterocycles. The Morgan fingerprint density at radius 1 is 1.38 bits per heavy atom. The highest BCUT2D eigenvalue weighted by molar-refractivity contribution is 9.24. The van der Waals surface area contributed by atoms with Crippen molar-refractivity contribution >= 4 is 41.1 Å². The summed E-state index contributed by atoms with van der Waals surface area (Å²) in [4.78, 5) is 0. The molecule has 0 fully saturated rings. The summed E-state index contributed by atoms with van der Waals surface area (Å²) in [7, 11) is 0. The van der Waals surface area contributed by atoms with Crippen LogP contribution in [0.3, 0.4) is 0 Å². The lowest BCUT2D eigenvalue weighted by molar-refractivity contribution is 0.316. The molecule has 0 aromatic carbocycles. The molecule has 0 heterocycles. The van der Waals surface area contributed by atoms with Gasteiger partial charge in [0.15, 0.2) is 9.24 Å². The van der Waals surface area contributed by atoms with Gasteiger partial charge in [-0.3, -0.25) is 0 Å². The molecule has 0 bridgehead atoms. The SMILES string of the molecule is [2H]ON=C(Br)C(Br)=NO. The lowest BCUT2D eigenvalue weighted by Gasteiger charge is -1.84. The van der Waals surface area contributed by atoms with Gasteiger partial charge in [-0.25, -0.2) is 0 Å². The van der Waals surface area contributed by atoms with Crippen LogP contribution in [0, 0.1) is 0 Å². The second-order valence-electron chi connectivity index (χ2n) is 0.773. The molecule has 0 rings (SSSR count). The van der Waals surface area contributed by atoms with Crippen LogP contribution in [-0.2, 0) is 0 Å². The van der Waals surface area contributed by atoms with Gasteiger partial charge >= 0.3 is 1.43 Å². The van der Waals surface area contributed by atoms with Gasteiger partial charge in [-0.1, -0.05) is 10.3 Å². The van der Waals surface area contributed by atoms with Crippen LogP contribution in [0.15, 0.2) is 10.3 Å². The summed E-state index contributed by atoms with van der Waals surface area (Å²) in [5.74, 6) is 0. The van der Waals surface area contributed by atoms with Crippen LogP contribution in [0.5, 0.6) is 0 Å². The molecule has 2 N–H and O–H groups in total. The average molecular weight is 247 g/mol. The molecule has 8 heavy (non-hydrogen) atoms. The molecule has 0 aliphatic carbocycles. The Balaban J connectivity index is 4.03. The van der Waals surface area contributed by atoms with E-state index in [9.17, 15) is 0 Å². The number of halogens is 2. The minimum absolute atomic E-state index is 0.0646. The van der Waals surface area contributed by atoms with Crippen LogP contribution in [0.4, 0.5) is 0 Å². The molecule has 6 heteroatoms. The Bertz CT molecular complexity index is 148. The zero-order valence-electron chi connectivity index (χ0n) is 4.51. The van der Waals surface area contributed by atoms with Crippen LogP contribution in [0.1, 0.15) is 0 Å². The van der Waals surface area contributed by atoms with Gasteiger partial charge in [-0.2, -0.15) is 0 Å². The van der Waals surface area contributed by atoms with E-state index < -0.39 is 0 Å². The number of hydrogen-bond donors (Lipinski definition) is 2. The van der Waals surface area contributed by atoms with E-state index in [1.165, 1.54) is 0 Å². The van der Waals surface area contributed by atoms with Crippen LogP contribution in [0.25, 0.3) is 0 Å². The molecule has 0 spiro atoms. The van der Waals surface area contributed by atoms with Crippen molar-refractivity contribution in [2.24, 2.45) is 10.3 Å². The van der Waals surface area contributed by atoms with Crippen molar-refractivity contribution in [2.75, 3.05) is 0 Å². The van der Waals surface area contributed by atoms with E-state index in [1.807, 2.05) is 0 Å². The number of hydrogen-bond acceptors (Lipinski definition) is 4. The predicted molar refractivity (Wildman–Crippen MR) is 36.3 cm³/mol. The lowest BCUT2D eigenvalue weighted by Crippen LogP contribution is -1.96. The molecule has 0 radical (unpaired) electrons. The summed E-state index contributed by atoms with van der Waals surface area (Å²) in [5.41, 5.74) is 0. The molecule has 0 aromatic rings. The van der Waals surface area contributed by atoms with E-state index in [-0.39, 0.29) is 9.24 Å². The second-order valence-corrected chi connectivity index (χ2v) is 2.28. The number of rotatable bonds is 2. The fourth-order valence-corrected chi connectivity index (χ4v) is 0.231. The smallest absolute Gasteiger partial charge is 0.330 e. The molecular weight excluding hydrogens is 244 g/mol. The zero-order valence-corrected chi connectivity index (χ0v) is 6.68. The standard InChI is InChI=1S/C2H2Br2N2O2/c3-1(5-7)2(4)6-8/h7-8H/i/hD. The Morgan fingerprint density at radius 3 is 2.25 bits per heavy atom. The van der Waals surface area contributed by atoms with Crippen LogP contribution < -0.4 is 0 Å². The van der Waals surface area contributed by atoms with E-state index in [1.54, 1.807) is 0 Å². The highest BCUT2D eigenvalue weighted by Crippen LogP contribution is 1.98. The van der Waals surface area contributed by atoms with E-state index >= 15 is 0 Å². The van der Waals surface area contributed by atoms with E-state index in [4.69, 9.17) is 6.64 Å². The van der Waals surface area contributed by atoms with Crippen LogP contribution >= 0.6 is 31.9 Å². The third-order valence-corrected chi connectivity index (χ3v) is 1.92. The van der Waals surface area contributed by atoms with Gasteiger partial charge in [0.2, 0.25) is 0 Å². The van der Waals surface area contributed by atoms with Gasteiger partial charge in [0.05, 0.1) is 0 Å². The molecule has 46 valence electrons. The Labute approximate surface area is 63.6 Å². The Hall–Kier alpha value is -0.100. The summed E-state index contributed by atoms with van der Waals surface area (Å²) in [6.45, 7) is 0. The van der Waals surface area contributed by atoms with Crippen molar-refractivity contribution < 1.29 is 11.8 Å². The van der Waals surface area contributed by atoms with Crippen molar-refractivity contribution in [1.82, 2.24) is 0 Å². The normalized spacial score (nSPS) is 15.5. The average Bonchev–Trinajstić information content (AvgIpc) is 1.87. The van der Waals surface area contributed by atoms with Crippen molar-refractivity contribution in [1.29, 1.82) is 0 Å². The maximum absolute atomic E-state index is 8.05. The molecule has 0 saturated carbocycles. The second kappa shape index (κ2) is 3.85. The summed E-state index contributed by atoms with van der Waals surface area (Å²) in [6, 6.07) is 0. The van der Waals surface area contributed by atoms with Crippen molar-refractivity contribution in [3.8, 4) is 0 Å². The van der Waals surface area contributed by atoms with Gasteiger partial charge in [-0.15, -0.1) is 0 Å². The third-order valence-electron chi connectivity index (χ3n) is 0.338. The van der Waals surface area contributed by atoms with E-state index in [0.29, 0.717) is 0 Å². The highest BCUT2D eigenvalue weighted by atomic mass is 79.9. The minimum Gasteiger partial charge on any atom is -0.410 e. The number of nitrogens with zero attached hydrogens (tertiary/aromatic N) is 2. The maximum Gasteiger partial charge on any atom is 0.330 e. The zero-order chi connectivity index (χ0) is 7.28. The summed E-state index contributed by atoms with van der Waals surface area (Å²) >= 11 is 5.63. The number of oxime groups is 2. The fraction of sp³-hybridized carbons (Fsp3) is 0. The van der Waals surface area contributed by atoms with Crippen molar-refractivity contribution in [3.63, 3.8) is 0 Å². The summed E-state index contributed by atoms with van der Waals surface area (Å²) in [6.07, 6.45) is 0. The first-order valence-corrected chi connectivity index (χ1v) is 3.04. The van der Waals surface area contributed by atoms with Crippen LogP contribution in [-0.4, -0.2) is 19.7 Å². The van der Waals surface area contributed by atoms with Gasteiger partial charge in [0.25, 0.3) is 0 Å². The highest BCUT2D eigenvalue weighted by Gasteiger charge is 1.99. The molecule has 0 saturated heterocycles. The van der Waals surface area contributed by atoms with Gasteiger partial charge in [-0.05, 0) is 31.9 Å². The first kappa shape index (κ1) is 6.03. The lowest BCUT2D eigenvalue weighted by atomic mass is 10.8. The van der Waals surface area contributed by atoms with E-state index in [2.05, 4.69) is 47.4 Å². The first-order valence-electron chi connectivity index (χ1n) is 1.87. The van der Waals surface area contributed by atoms with Crippen molar-refractivity contribution in [2.45, 2.75) is 0 Å². The quantitative estimate of drug-likeness (QED) is 0.439. The van der Waals surface area contributed by atoms with Crippen molar-refractivity contribution in [3.05, 3.63) is 0 Å². The topological polar surface area (TPSA) is 65.2 Å². The fourth-order valence-electron chi connectivity index (χ4n) is 0.0789. The molecular formula is C2H2Br2N2O2. The summed E-state index contributed by atoms with van der Waals surface area (Å²) < 4.78 is 6.30. The monoisotopic (exact) mass is 245 g/mol. The van der Waals surface area contributed by atoms with Crippen LogP contribution in [0.2, 0.25) is 1.43 Å². The van der Waals surface area contributed by atoms with Gasteiger partial charge in [0, 0.05) is 0 Å². The molecule has 0 aliphatic heterocycles. The Kier molecular flexibility index (Phi) is 2.90. The third kappa shape index (κ3) is 2.27. The molecule has 0 atom stereocenters. The van der Waals surface area contributed by atoms with E-state index in [0.717, 1.165) is 0 Å². The molecule has 4 nitrogen and oxygen atoms in total. The van der Waals surface area contributed by atoms with Gasteiger partial charge < -0.3 is 10.4 Å². The minimum atomic E-state index is 0.0646. The predicted octanol–water partition coefficient (Wildman–Crippen LogP) is 1.35. The largest absolute Gasteiger partial charge is 0.410 e. The first-order chi connectivity index (χ1) is 4.22. The van der Waals surface area contributed by atoms with Gasteiger partial charge in [0.1, 0.15) is 0 Å². The molecule has 0 aliphatic rings. The maximum atomic E-state index is 8.05. The molecule has 0 unspecified atom stereocenters.